The van der Waals surface area contributed by atoms with Crippen LogP contribution in [0, 0.1) is 0 Å². The number of hydrogen-bond acceptors (Lipinski definition) is 2. The number of rotatable bonds is 3. The van der Waals surface area contributed by atoms with Crippen LogP contribution in [0.2, 0.25) is 0 Å². The van der Waals surface area contributed by atoms with E-state index in [9.17, 15) is 4.79 Å². The van der Waals surface area contributed by atoms with E-state index >= 15 is 0 Å². The van der Waals surface area contributed by atoms with Crippen LogP contribution in [0.1, 0.15) is 17.4 Å². The predicted octanol–water partition coefficient (Wildman–Crippen LogP) is 2.65. The van der Waals surface area contributed by atoms with Crippen molar-refractivity contribution in [2.24, 2.45) is 0 Å². The number of hydrogen-bond donors (Lipinski definition) is 2. The van der Waals surface area contributed by atoms with E-state index in [-0.39, 0.29) is 5.91 Å². The van der Waals surface area contributed by atoms with Gasteiger partial charge in [-0.2, -0.15) is 0 Å². The second kappa shape index (κ2) is 4.85. The van der Waals surface area contributed by atoms with Crippen LogP contribution < -0.4 is 0 Å². The number of carbonyl (C=O) groups is 1. The van der Waals surface area contributed by atoms with E-state index in [1.165, 1.54) is 0 Å². The highest BCUT2D eigenvalue weighted by molar-refractivity contribution is 5.97. The Labute approximate surface area is 116 Å². The zero-order chi connectivity index (χ0) is 14.1. The molecule has 0 aliphatic carbocycles. The molecule has 5 heteroatoms. The molecular formula is C15H16N4O. The van der Waals surface area contributed by atoms with Crippen LogP contribution in [0.5, 0.6) is 0 Å². The molecule has 5 nitrogen and oxygen atoms in total. The van der Waals surface area contributed by atoms with Gasteiger partial charge in [-0.1, -0.05) is 0 Å². The summed E-state index contributed by atoms with van der Waals surface area (Å²) < 4.78 is 0. The van der Waals surface area contributed by atoms with Crippen molar-refractivity contribution in [2.75, 3.05) is 13.6 Å². The fraction of sp³-hybridized carbons (Fsp3) is 0.200. The van der Waals surface area contributed by atoms with Crippen LogP contribution in [0.25, 0.3) is 22.2 Å². The Kier molecular flexibility index (Phi) is 3.02. The van der Waals surface area contributed by atoms with Gasteiger partial charge in [-0.25, -0.2) is 4.98 Å². The average Bonchev–Trinajstić information content (AvgIpc) is 3.13. The molecule has 0 unspecified atom stereocenters. The van der Waals surface area contributed by atoms with Crippen molar-refractivity contribution >= 4 is 16.9 Å². The molecule has 102 valence electrons. The summed E-state index contributed by atoms with van der Waals surface area (Å²) in [4.78, 5) is 24.2. The van der Waals surface area contributed by atoms with Gasteiger partial charge in [0.1, 0.15) is 11.3 Å². The molecule has 20 heavy (non-hydrogen) atoms. The molecule has 0 bridgehead atoms. The van der Waals surface area contributed by atoms with Crippen LogP contribution in [0.15, 0.2) is 36.8 Å². The predicted molar refractivity (Wildman–Crippen MR) is 78.5 cm³/mol. The molecular weight excluding hydrogens is 252 g/mol. The standard InChI is InChI=1S/C15H16N4O/c1-3-19(2)15(20)13-8-10(9-18-13)11-4-6-16-14-12(11)5-7-17-14/h4-9,18H,3H2,1-2H3,(H,16,17). The lowest BCUT2D eigenvalue weighted by atomic mass is 10.1. The third kappa shape index (κ3) is 1.97. The lowest BCUT2D eigenvalue weighted by Gasteiger charge is -2.12. The average molecular weight is 268 g/mol. The van der Waals surface area contributed by atoms with Crippen molar-refractivity contribution in [1.82, 2.24) is 19.9 Å². The third-order valence-electron chi connectivity index (χ3n) is 3.51. The Bertz CT molecular complexity index is 756. The summed E-state index contributed by atoms with van der Waals surface area (Å²) in [5.74, 6) is -0.00174. The Morgan fingerprint density at radius 2 is 2.20 bits per heavy atom. The van der Waals surface area contributed by atoms with Gasteiger partial charge in [-0.05, 0) is 30.7 Å². The van der Waals surface area contributed by atoms with E-state index in [4.69, 9.17) is 0 Å². The van der Waals surface area contributed by atoms with E-state index in [0.717, 1.165) is 22.2 Å². The van der Waals surface area contributed by atoms with Gasteiger partial charge in [0.2, 0.25) is 0 Å². The van der Waals surface area contributed by atoms with Gasteiger partial charge < -0.3 is 14.9 Å². The van der Waals surface area contributed by atoms with Gasteiger partial charge in [0.25, 0.3) is 5.91 Å². The largest absolute Gasteiger partial charge is 0.357 e. The second-order valence-corrected chi connectivity index (χ2v) is 4.72. The van der Waals surface area contributed by atoms with Gasteiger partial charge in [0.05, 0.1) is 0 Å². The SMILES string of the molecule is CCN(C)C(=O)c1cc(-c2ccnc3[nH]ccc23)c[nH]1. The van der Waals surface area contributed by atoms with Crippen molar-refractivity contribution in [3.63, 3.8) is 0 Å². The van der Waals surface area contributed by atoms with Crippen LogP contribution in [-0.4, -0.2) is 39.4 Å². The molecule has 3 heterocycles. The highest BCUT2D eigenvalue weighted by atomic mass is 16.2. The van der Waals surface area contributed by atoms with Crippen molar-refractivity contribution in [1.29, 1.82) is 0 Å². The number of aromatic amines is 2. The number of nitrogens with zero attached hydrogens (tertiary/aromatic N) is 2. The Balaban J connectivity index is 2.02. The molecule has 0 saturated heterocycles. The van der Waals surface area contributed by atoms with Gasteiger partial charge in [0, 0.05) is 43.1 Å². The van der Waals surface area contributed by atoms with E-state index in [0.29, 0.717) is 12.2 Å². The lowest BCUT2D eigenvalue weighted by molar-refractivity contribution is 0.0797. The first-order valence-corrected chi connectivity index (χ1v) is 6.57. The fourth-order valence-corrected chi connectivity index (χ4v) is 2.24. The Morgan fingerprint density at radius 3 is 3.00 bits per heavy atom. The highest BCUT2D eigenvalue weighted by Gasteiger charge is 2.14. The van der Waals surface area contributed by atoms with Crippen molar-refractivity contribution in [2.45, 2.75) is 6.92 Å². The fourth-order valence-electron chi connectivity index (χ4n) is 2.24. The molecule has 0 aliphatic rings. The zero-order valence-electron chi connectivity index (χ0n) is 11.5. The maximum atomic E-state index is 12.1. The number of amides is 1. The number of H-pyrrole nitrogens is 2. The van der Waals surface area contributed by atoms with Gasteiger partial charge in [-0.15, -0.1) is 0 Å². The van der Waals surface area contributed by atoms with E-state index in [2.05, 4.69) is 15.0 Å². The first-order chi connectivity index (χ1) is 9.70. The zero-order valence-corrected chi connectivity index (χ0v) is 11.5. The molecule has 3 aromatic heterocycles. The van der Waals surface area contributed by atoms with Crippen LogP contribution >= 0.6 is 0 Å². The first-order valence-electron chi connectivity index (χ1n) is 6.57. The van der Waals surface area contributed by atoms with Crippen LogP contribution in [-0.2, 0) is 0 Å². The van der Waals surface area contributed by atoms with Crippen LogP contribution in [0.4, 0.5) is 0 Å². The van der Waals surface area contributed by atoms with Crippen molar-refractivity contribution in [3.8, 4) is 11.1 Å². The monoisotopic (exact) mass is 268 g/mol. The number of pyridine rings is 1. The highest BCUT2D eigenvalue weighted by Crippen LogP contribution is 2.27. The molecule has 0 spiro atoms. The maximum absolute atomic E-state index is 12.1. The first kappa shape index (κ1) is 12.5. The summed E-state index contributed by atoms with van der Waals surface area (Å²) in [5, 5.41) is 1.05. The molecule has 0 aromatic carbocycles. The van der Waals surface area contributed by atoms with Gasteiger partial charge in [-0.3, -0.25) is 4.79 Å². The summed E-state index contributed by atoms with van der Waals surface area (Å²) in [6.07, 6.45) is 5.49. The number of nitrogens with one attached hydrogen (secondary N) is 2. The third-order valence-corrected chi connectivity index (χ3v) is 3.51. The van der Waals surface area contributed by atoms with Crippen molar-refractivity contribution < 1.29 is 4.79 Å². The molecule has 2 N–H and O–H groups in total. The van der Waals surface area contributed by atoms with Gasteiger partial charge >= 0.3 is 0 Å². The molecule has 0 fully saturated rings. The topological polar surface area (TPSA) is 64.8 Å². The Morgan fingerprint density at radius 1 is 1.35 bits per heavy atom. The minimum absolute atomic E-state index is 0.00174. The number of fused-ring (bicyclic) bond motifs is 1. The maximum Gasteiger partial charge on any atom is 0.270 e. The number of carbonyl (C=O) groups excluding carboxylic acids is 1. The van der Waals surface area contributed by atoms with E-state index < -0.39 is 0 Å². The smallest absolute Gasteiger partial charge is 0.270 e. The minimum Gasteiger partial charge on any atom is -0.357 e. The molecule has 0 radical (unpaired) electrons. The molecule has 0 aliphatic heterocycles. The summed E-state index contributed by atoms with van der Waals surface area (Å²) in [6, 6.07) is 5.83. The summed E-state index contributed by atoms with van der Waals surface area (Å²) >= 11 is 0. The lowest BCUT2D eigenvalue weighted by Crippen LogP contribution is -2.26. The normalized spacial score (nSPS) is 10.9. The second-order valence-electron chi connectivity index (χ2n) is 4.72. The molecule has 0 atom stereocenters. The van der Waals surface area contributed by atoms with Crippen molar-refractivity contribution in [3.05, 3.63) is 42.5 Å². The molecule has 1 amide bonds. The Hall–Kier alpha value is -2.56. The summed E-state index contributed by atoms with van der Waals surface area (Å²) in [6.45, 7) is 2.64. The van der Waals surface area contributed by atoms with E-state index in [1.54, 1.807) is 18.1 Å². The van der Waals surface area contributed by atoms with E-state index in [1.807, 2.05) is 37.5 Å². The van der Waals surface area contributed by atoms with Gasteiger partial charge in [0.15, 0.2) is 0 Å². The quantitative estimate of drug-likeness (QED) is 0.767. The number of aromatic nitrogens is 3. The molecule has 0 saturated carbocycles. The molecule has 3 rings (SSSR count). The minimum atomic E-state index is -0.00174. The summed E-state index contributed by atoms with van der Waals surface area (Å²) in [5.41, 5.74) is 3.50. The van der Waals surface area contributed by atoms with Crippen LogP contribution in [0.3, 0.4) is 0 Å². The molecule has 3 aromatic rings. The summed E-state index contributed by atoms with van der Waals surface area (Å²) in [7, 11) is 1.79.